The standard InChI is InChI=1S/C31H36F2N10O9P2S2/c32-20-24(51-53(47)55)18(9-44)49-30(20)42-14-40-22-26(36-12-38-28(22)42)34-7-1-2-8-35-27-23-29(39-13-37-27)43(15-41-23)31-21(33)25(19(10-45)50-31)52-54(48)56-11-16-3-5-17(46)6-4-16/h1-6,12-15,18-21,24-25,30-31,44-46,53-54H,7-11H2,(H,47,55)(H,34,36,38)(H,35,37,39)/b2-1+/t18-,19-,20-,21-,24-,25-,30-,31-/m1/s1. The van der Waals surface area contributed by atoms with Crippen LogP contribution in [-0.4, -0.2) is 117 Å². The summed E-state index contributed by atoms with van der Waals surface area (Å²) in [5.41, 5.74) is 1.99. The molecule has 1 aromatic carbocycles. The van der Waals surface area contributed by atoms with Crippen LogP contribution >= 0.6 is 38.1 Å². The highest BCUT2D eigenvalue weighted by Gasteiger charge is 2.49. The number of benzene rings is 1. The highest BCUT2D eigenvalue weighted by atomic mass is 32.7. The number of hydrogen-bond acceptors (Lipinski definition) is 18. The number of aliphatic hydroxyl groups is 2. The number of nitrogens with one attached hydrogen (secondary N) is 2. The number of aromatic hydroxyl groups is 1. The van der Waals surface area contributed by atoms with Crippen LogP contribution in [0.15, 0.2) is 61.7 Å². The van der Waals surface area contributed by atoms with Crippen molar-refractivity contribution < 1.29 is 51.8 Å². The van der Waals surface area contributed by atoms with Crippen LogP contribution in [0.4, 0.5) is 20.4 Å². The van der Waals surface area contributed by atoms with E-state index in [0.717, 1.165) is 16.9 Å². The number of imidazole rings is 2. The average molecular weight is 857 g/mol. The summed E-state index contributed by atoms with van der Waals surface area (Å²) in [6, 6.07) is 6.38. The zero-order valence-corrected chi connectivity index (χ0v) is 32.6. The normalized spacial score (nSPS) is 26.4. The number of aromatic nitrogens is 8. The Hall–Kier alpha value is -3.76. The van der Waals surface area contributed by atoms with Crippen LogP contribution in [0.2, 0.25) is 0 Å². The number of ether oxygens (including phenoxy) is 2. The second-order valence-electron chi connectivity index (χ2n) is 12.3. The molecule has 2 saturated heterocycles. The lowest BCUT2D eigenvalue weighted by Gasteiger charge is -2.18. The fraction of sp³-hybridized carbons (Fsp3) is 0.419. The average Bonchev–Trinajstić information content (AvgIpc) is 3.97. The number of fused-ring (bicyclic) bond motifs is 2. The fourth-order valence-electron chi connectivity index (χ4n) is 6.22. The molecule has 0 radical (unpaired) electrons. The summed E-state index contributed by atoms with van der Waals surface area (Å²) in [6.45, 7) is -0.505. The van der Waals surface area contributed by atoms with Crippen LogP contribution in [0.1, 0.15) is 18.0 Å². The summed E-state index contributed by atoms with van der Waals surface area (Å²) in [5.74, 6) is 1.15. The van der Waals surface area contributed by atoms with Gasteiger partial charge in [0.1, 0.15) is 42.8 Å². The molecule has 10 atom stereocenters. The number of halogens is 2. The van der Waals surface area contributed by atoms with Crippen molar-refractivity contribution in [3.8, 4) is 5.75 Å². The van der Waals surface area contributed by atoms with Crippen molar-refractivity contribution in [2.24, 2.45) is 0 Å². The van der Waals surface area contributed by atoms with Gasteiger partial charge in [-0.3, -0.25) is 18.3 Å². The van der Waals surface area contributed by atoms with E-state index in [9.17, 15) is 24.4 Å². The summed E-state index contributed by atoms with van der Waals surface area (Å²) < 4.78 is 80.3. The molecule has 0 saturated carbocycles. The summed E-state index contributed by atoms with van der Waals surface area (Å²) in [6.07, 6.45) is -2.00. The lowest BCUT2D eigenvalue weighted by Crippen LogP contribution is -2.32. The van der Waals surface area contributed by atoms with Gasteiger partial charge in [0, 0.05) is 18.8 Å². The first-order valence-electron chi connectivity index (χ1n) is 17.0. The predicted molar refractivity (Wildman–Crippen MR) is 205 cm³/mol. The smallest absolute Gasteiger partial charge is 0.247 e. The van der Waals surface area contributed by atoms with Gasteiger partial charge in [-0.15, -0.1) is 0 Å². The SMILES string of the molecule is O=[PH](S)O[C@H]1[C@@H](F)[C@H](n2cnc3c(NC/C=C/CNc4ncnc5c4ncn5[C@@H]4O[C@H](CO)[C@@H](O[PH](=O)SCc5ccc(O)cc5)[C@H]4F)ncnc32)O[C@@H]1CO. The number of anilines is 2. The highest BCUT2D eigenvalue weighted by molar-refractivity contribution is 8.49. The molecule has 56 heavy (non-hydrogen) atoms. The Labute approximate surface area is 326 Å². The van der Waals surface area contributed by atoms with Gasteiger partial charge in [0.25, 0.3) is 0 Å². The molecule has 2 unspecified atom stereocenters. The van der Waals surface area contributed by atoms with E-state index in [4.69, 9.17) is 18.5 Å². The van der Waals surface area contributed by atoms with E-state index in [1.165, 1.54) is 46.6 Å². The predicted octanol–water partition coefficient (Wildman–Crippen LogP) is 3.62. The lowest BCUT2D eigenvalue weighted by molar-refractivity contribution is -0.0427. The third kappa shape index (κ3) is 8.71. The molecule has 2 aliphatic heterocycles. The number of hydrogen-bond donors (Lipinski definition) is 6. The maximum absolute atomic E-state index is 15.8. The van der Waals surface area contributed by atoms with Crippen LogP contribution in [-0.2, 0) is 33.4 Å². The Kier molecular flexibility index (Phi) is 13.2. The minimum atomic E-state index is -2.80. The zero-order chi connectivity index (χ0) is 39.3. The molecule has 5 N–H and O–H groups in total. The minimum absolute atomic E-state index is 0.104. The fourth-order valence-corrected chi connectivity index (χ4v) is 9.54. The van der Waals surface area contributed by atoms with Gasteiger partial charge in [-0.05, 0) is 17.7 Å². The minimum Gasteiger partial charge on any atom is -0.508 e. The van der Waals surface area contributed by atoms with Crippen LogP contribution in [0.5, 0.6) is 5.75 Å². The van der Waals surface area contributed by atoms with Crippen molar-refractivity contribution in [1.29, 1.82) is 0 Å². The van der Waals surface area contributed by atoms with E-state index in [2.05, 4.69) is 52.8 Å². The molecule has 2 fully saturated rings. The molecule has 19 nitrogen and oxygen atoms in total. The van der Waals surface area contributed by atoms with Crippen molar-refractivity contribution >= 4 is 72.1 Å². The third-order valence-corrected chi connectivity index (χ3v) is 12.3. The van der Waals surface area contributed by atoms with Gasteiger partial charge in [-0.1, -0.05) is 47.9 Å². The Morgan fingerprint density at radius 2 is 1.30 bits per heavy atom. The quantitative estimate of drug-likeness (QED) is 0.0444. The molecule has 2 aliphatic rings. The molecular formula is C31H36F2N10O9P2S2. The Balaban J connectivity index is 0.940. The maximum atomic E-state index is 15.8. The zero-order valence-electron chi connectivity index (χ0n) is 28.9. The van der Waals surface area contributed by atoms with E-state index in [-0.39, 0.29) is 17.0 Å². The molecule has 4 aromatic heterocycles. The molecule has 300 valence electrons. The van der Waals surface area contributed by atoms with Crippen LogP contribution in [0, 0.1) is 0 Å². The molecule has 0 aliphatic carbocycles. The highest BCUT2D eigenvalue weighted by Crippen LogP contribution is 2.47. The second-order valence-corrected chi connectivity index (χ2v) is 17.4. The topological polar surface area (TPSA) is 243 Å². The first-order chi connectivity index (χ1) is 27.2. The summed E-state index contributed by atoms with van der Waals surface area (Å²) >= 11 is 4.72. The largest absolute Gasteiger partial charge is 0.508 e. The van der Waals surface area contributed by atoms with E-state index < -0.39 is 76.9 Å². The molecule has 0 bridgehead atoms. The molecule has 0 amide bonds. The van der Waals surface area contributed by atoms with Crippen molar-refractivity contribution in [2.75, 3.05) is 36.9 Å². The molecule has 6 heterocycles. The monoisotopic (exact) mass is 856 g/mol. The lowest BCUT2D eigenvalue weighted by atomic mass is 10.1. The van der Waals surface area contributed by atoms with Crippen molar-refractivity contribution in [3.63, 3.8) is 0 Å². The number of phenols is 1. The van der Waals surface area contributed by atoms with Gasteiger partial charge in [0.05, 0.1) is 25.9 Å². The first-order valence-corrected chi connectivity index (χ1v) is 22.6. The molecule has 7 rings (SSSR count). The van der Waals surface area contributed by atoms with E-state index in [0.29, 0.717) is 41.5 Å². The van der Waals surface area contributed by atoms with E-state index in [1.54, 1.807) is 12.1 Å². The third-order valence-electron chi connectivity index (χ3n) is 8.86. The number of nitrogens with zero attached hydrogens (tertiary/aromatic N) is 8. The van der Waals surface area contributed by atoms with E-state index in [1.807, 2.05) is 12.2 Å². The van der Waals surface area contributed by atoms with Crippen molar-refractivity contribution in [1.82, 2.24) is 39.0 Å². The van der Waals surface area contributed by atoms with Gasteiger partial charge in [0.2, 0.25) is 14.5 Å². The Morgan fingerprint density at radius 3 is 1.79 bits per heavy atom. The number of phenolic OH excluding ortho intramolecular Hbond substituents is 1. The number of alkyl halides is 2. The molecular weight excluding hydrogens is 820 g/mol. The number of rotatable bonds is 17. The van der Waals surface area contributed by atoms with Gasteiger partial charge >= 0.3 is 0 Å². The van der Waals surface area contributed by atoms with Crippen LogP contribution in [0.3, 0.4) is 0 Å². The van der Waals surface area contributed by atoms with Crippen molar-refractivity contribution in [2.45, 2.75) is 55.0 Å². The summed E-state index contributed by atoms with van der Waals surface area (Å²) in [5, 5.41) is 35.3. The molecule has 5 aromatic rings. The molecule has 0 spiro atoms. The Morgan fingerprint density at radius 1 is 0.804 bits per heavy atom. The first kappa shape index (κ1) is 40.4. The van der Waals surface area contributed by atoms with Crippen LogP contribution in [0.25, 0.3) is 22.3 Å². The van der Waals surface area contributed by atoms with Crippen molar-refractivity contribution in [3.05, 3.63) is 67.3 Å². The van der Waals surface area contributed by atoms with E-state index >= 15 is 8.78 Å². The number of aliphatic hydroxyl groups excluding tert-OH is 2. The van der Waals surface area contributed by atoms with Gasteiger partial charge < -0.3 is 44.5 Å². The van der Waals surface area contributed by atoms with Gasteiger partial charge in [-0.25, -0.2) is 38.7 Å². The number of thiol groups is 1. The van der Waals surface area contributed by atoms with Gasteiger partial charge in [0.15, 0.2) is 58.8 Å². The van der Waals surface area contributed by atoms with Crippen LogP contribution < -0.4 is 10.6 Å². The second kappa shape index (κ2) is 18.2. The Bertz CT molecular complexity index is 2210. The molecule has 25 heteroatoms. The summed E-state index contributed by atoms with van der Waals surface area (Å²) in [4.78, 5) is 25.7. The summed E-state index contributed by atoms with van der Waals surface area (Å²) in [7, 11) is -5.60. The van der Waals surface area contributed by atoms with Gasteiger partial charge in [-0.2, -0.15) is 0 Å². The maximum Gasteiger partial charge on any atom is 0.247 e.